The summed E-state index contributed by atoms with van der Waals surface area (Å²) < 4.78 is 4.55. The maximum Gasteiger partial charge on any atom is 0.404 e. The average molecular weight is 279 g/mol. The topological polar surface area (TPSA) is 46.5 Å². The van der Waals surface area contributed by atoms with E-state index in [4.69, 9.17) is 16.7 Å². The van der Waals surface area contributed by atoms with Crippen molar-refractivity contribution in [1.82, 2.24) is 0 Å². The van der Waals surface area contributed by atoms with Gasteiger partial charge in [0, 0.05) is 11.6 Å². The molecule has 0 atom stereocenters. The molecule has 3 nitrogen and oxygen atoms in total. The lowest BCUT2D eigenvalue weighted by Crippen LogP contribution is -1.93. The highest BCUT2D eigenvalue weighted by molar-refractivity contribution is 6.61. The summed E-state index contributed by atoms with van der Waals surface area (Å²) in [4.78, 5) is 10.2. The van der Waals surface area contributed by atoms with E-state index < -0.39 is 5.43 Å². The molecule has 1 N–H and O–H groups in total. The van der Waals surface area contributed by atoms with E-state index in [2.05, 4.69) is 4.74 Å². The zero-order valence-electron chi connectivity index (χ0n) is 10.3. The molecule has 19 heavy (non-hydrogen) atoms. The predicted octanol–water partition coefficient (Wildman–Crippen LogP) is 3.74. The van der Waals surface area contributed by atoms with Gasteiger partial charge in [0.15, 0.2) is 0 Å². The third-order valence-electron chi connectivity index (χ3n) is 2.22. The van der Waals surface area contributed by atoms with Crippen molar-refractivity contribution < 1.29 is 14.6 Å². The van der Waals surface area contributed by atoms with E-state index in [1.807, 2.05) is 60.7 Å². The van der Waals surface area contributed by atoms with Crippen LogP contribution in [0.15, 0.2) is 60.7 Å². The summed E-state index contributed by atoms with van der Waals surface area (Å²) in [6.07, 6.45) is 0. The lowest BCUT2D eigenvalue weighted by Gasteiger charge is -1.98. The number of carbonyl (C=O) groups is 1. The van der Waals surface area contributed by atoms with E-state index in [1.165, 1.54) is 0 Å². The van der Waals surface area contributed by atoms with E-state index >= 15 is 0 Å². The Balaban J connectivity index is 0.000000200. The first-order chi connectivity index (χ1) is 9.22. The normalized spacial score (nSPS) is 9.16. The first-order valence-corrected chi connectivity index (χ1v) is 6.11. The molecule has 2 rings (SSSR count). The van der Waals surface area contributed by atoms with Gasteiger partial charge < -0.3 is 9.84 Å². The molecule has 0 unspecified atom stereocenters. The van der Waals surface area contributed by atoms with Crippen molar-refractivity contribution in [1.29, 1.82) is 0 Å². The van der Waals surface area contributed by atoms with Gasteiger partial charge in [-0.1, -0.05) is 60.7 Å². The van der Waals surface area contributed by atoms with E-state index in [0.29, 0.717) is 0 Å². The average Bonchev–Trinajstić information content (AvgIpc) is 2.48. The molecule has 0 radical (unpaired) electrons. The molecule has 0 aliphatic rings. The first-order valence-electron chi connectivity index (χ1n) is 5.73. The summed E-state index contributed by atoms with van der Waals surface area (Å²) in [5.41, 5.74) is 1.13. The Morgan fingerprint density at radius 2 is 1.42 bits per heavy atom. The van der Waals surface area contributed by atoms with Crippen LogP contribution in [0.1, 0.15) is 11.1 Å². The molecule has 0 spiro atoms. The Kier molecular flexibility index (Phi) is 7.32. The van der Waals surface area contributed by atoms with Gasteiger partial charge in [-0.3, -0.25) is 0 Å². The van der Waals surface area contributed by atoms with Gasteiger partial charge in [0.2, 0.25) is 0 Å². The molecule has 0 bridgehead atoms. The monoisotopic (exact) mass is 278 g/mol. The molecule has 0 amide bonds. The molecule has 0 heterocycles. The minimum Gasteiger partial charge on any atom is -0.449 e. The number of aliphatic hydroxyl groups is 1. The summed E-state index contributed by atoms with van der Waals surface area (Å²) in [5.74, 6) is 0. The number of rotatable bonds is 3. The molecule has 0 aliphatic heterocycles. The number of carbonyl (C=O) groups excluding carboxylic acids is 1. The lowest BCUT2D eigenvalue weighted by atomic mass is 10.2. The highest BCUT2D eigenvalue weighted by Gasteiger charge is 1.95. The van der Waals surface area contributed by atoms with E-state index in [-0.39, 0.29) is 13.2 Å². The molecule has 0 saturated carbocycles. The Labute approximate surface area is 117 Å². The highest BCUT2D eigenvalue weighted by Crippen LogP contribution is 2.01. The quantitative estimate of drug-likeness (QED) is 0.870. The number of benzene rings is 2. The van der Waals surface area contributed by atoms with E-state index in [0.717, 1.165) is 11.1 Å². The van der Waals surface area contributed by atoms with Crippen LogP contribution in [-0.2, 0) is 18.0 Å². The molecule has 0 aliphatic carbocycles. The lowest BCUT2D eigenvalue weighted by molar-refractivity contribution is 0.167. The van der Waals surface area contributed by atoms with Crippen molar-refractivity contribution in [3.8, 4) is 0 Å². The molecule has 0 aromatic heterocycles. The van der Waals surface area contributed by atoms with Crippen molar-refractivity contribution in [3.05, 3.63) is 71.8 Å². The Morgan fingerprint density at radius 3 is 1.79 bits per heavy atom. The summed E-state index contributed by atoms with van der Waals surface area (Å²) in [7, 11) is 0. The predicted molar refractivity (Wildman–Crippen MR) is 74.8 cm³/mol. The zero-order chi connectivity index (χ0) is 13.9. The fourth-order valence-electron chi connectivity index (χ4n) is 1.30. The van der Waals surface area contributed by atoms with Crippen LogP contribution >= 0.6 is 11.6 Å². The molecule has 4 heteroatoms. The Morgan fingerprint density at radius 1 is 0.947 bits per heavy atom. The fourth-order valence-corrected chi connectivity index (χ4v) is 1.35. The standard InChI is InChI=1S/C8H7ClO2.C7H8O/c9-8(10)11-6-7-4-2-1-3-5-7;8-6-7-4-2-1-3-5-7/h1-5H,6H2;1-5,8H,6H2. The summed E-state index contributed by atoms with van der Waals surface area (Å²) in [6.45, 7) is 0.379. The summed E-state index contributed by atoms with van der Waals surface area (Å²) >= 11 is 4.97. The smallest absolute Gasteiger partial charge is 0.404 e. The van der Waals surface area contributed by atoms with E-state index in [1.54, 1.807) is 0 Å². The van der Waals surface area contributed by atoms with Gasteiger partial charge in [-0.15, -0.1) is 0 Å². The van der Waals surface area contributed by atoms with Gasteiger partial charge in [0.05, 0.1) is 6.61 Å². The third kappa shape index (κ3) is 7.24. The number of hydrogen-bond acceptors (Lipinski definition) is 3. The second kappa shape index (κ2) is 9.14. The van der Waals surface area contributed by atoms with Crippen molar-refractivity contribution in [2.45, 2.75) is 13.2 Å². The highest BCUT2D eigenvalue weighted by atomic mass is 35.5. The molecule has 0 saturated heterocycles. The van der Waals surface area contributed by atoms with Crippen LogP contribution < -0.4 is 0 Å². The van der Waals surface area contributed by atoms with E-state index in [9.17, 15) is 4.79 Å². The van der Waals surface area contributed by atoms with Crippen molar-refractivity contribution >= 4 is 17.0 Å². The van der Waals surface area contributed by atoms with Gasteiger partial charge in [-0.25, -0.2) is 4.79 Å². The maximum absolute atomic E-state index is 10.2. The number of aliphatic hydroxyl groups excluding tert-OH is 1. The SMILES string of the molecule is O=C(Cl)OCc1ccccc1.OCc1ccccc1. The van der Waals surface area contributed by atoms with Gasteiger partial charge in [0.25, 0.3) is 0 Å². The maximum atomic E-state index is 10.2. The van der Waals surface area contributed by atoms with Crippen LogP contribution in [0.4, 0.5) is 4.79 Å². The third-order valence-corrected chi connectivity index (χ3v) is 2.33. The Hall–Kier alpha value is -1.84. The Bertz CT molecular complexity index is 471. The fraction of sp³-hybridized carbons (Fsp3) is 0.133. The van der Waals surface area contributed by atoms with Crippen LogP contribution in [0, 0.1) is 0 Å². The van der Waals surface area contributed by atoms with Crippen molar-refractivity contribution in [3.63, 3.8) is 0 Å². The van der Waals surface area contributed by atoms with Crippen LogP contribution in [0.2, 0.25) is 0 Å². The van der Waals surface area contributed by atoms with Gasteiger partial charge in [-0.2, -0.15) is 0 Å². The van der Waals surface area contributed by atoms with Gasteiger partial charge >= 0.3 is 5.43 Å². The number of hydrogen-bond donors (Lipinski definition) is 1. The molecular formula is C15H15ClO3. The number of ether oxygens (including phenoxy) is 1. The molecule has 2 aromatic rings. The van der Waals surface area contributed by atoms with Crippen LogP contribution in [0.25, 0.3) is 0 Å². The summed E-state index contributed by atoms with van der Waals surface area (Å²) in [5, 5.41) is 8.54. The van der Waals surface area contributed by atoms with Crippen LogP contribution in [-0.4, -0.2) is 10.5 Å². The molecule has 0 fully saturated rings. The van der Waals surface area contributed by atoms with Gasteiger partial charge in [0.1, 0.15) is 6.61 Å². The minimum atomic E-state index is -0.770. The zero-order valence-corrected chi connectivity index (χ0v) is 11.1. The second-order valence-electron chi connectivity index (χ2n) is 3.66. The number of halogens is 1. The van der Waals surface area contributed by atoms with Crippen molar-refractivity contribution in [2.75, 3.05) is 0 Å². The molecular weight excluding hydrogens is 264 g/mol. The van der Waals surface area contributed by atoms with Gasteiger partial charge in [-0.05, 0) is 11.1 Å². The minimum absolute atomic E-state index is 0.140. The summed E-state index contributed by atoms with van der Waals surface area (Å²) in [6, 6.07) is 18.9. The van der Waals surface area contributed by atoms with Crippen LogP contribution in [0.5, 0.6) is 0 Å². The van der Waals surface area contributed by atoms with Crippen molar-refractivity contribution in [2.24, 2.45) is 0 Å². The first kappa shape index (κ1) is 15.2. The molecule has 100 valence electrons. The molecule has 2 aromatic carbocycles. The van der Waals surface area contributed by atoms with Crippen LogP contribution in [0.3, 0.4) is 0 Å². The largest absolute Gasteiger partial charge is 0.449 e. The second-order valence-corrected chi connectivity index (χ2v) is 3.96.